The standard InChI is InChI=1S/C27H43N5O6/c1-3-38-26(33)22-30-14-4-12-29-17-16-28(18-19-30)13-5-15-31(21-20-29)25(27(34)37-2)11-8-23-6-9-24(10-7-23)32(35)36/h6-7,9-10,25H,3-5,8,11-22H2,1-2H3. The van der Waals surface area contributed by atoms with Crippen LogP contribution in [0.3, 0.4) is 0 Å². The first-order chi connectivity index (χ1) is 18.4. The Labute approximate surface area is 225 Å². The minimum absolute atomic E-state index is 0.0659. The predicted octanol–water partition coefficient (Wildman–Crippen LogP) is 1.65. The molecule has 38 heavy (non-hydrogen) atoms. The van der Waals surface area contributed by atoms with Crippen LogP contribution in [-0.4, -0.2) is 128 Å². The van der Waals surface area contributed by atoms with Gasteiger partial charge in [-0.3, -0.25) is 29.5 Å². The van der Waals surface area contributed by atoms with Crippen molar-refractivity contribution < 1.29 is 24.0 Å². The van der Waals surface area contributed by atoms with E-state index in [0.717, 1.165) is 83.9 Å². The third-order valence-corrected chi connectivity index (χ3v) is 7.46. The first kappa shape index (κ1) is 29.9. The molecule has 2 aliphatic heterocycles. The summed E-state index contributed by atoms with van der Waals surface area (Å²) >= 11 is 0. The molecule has 0 aliphatic carbocycles. The van der Waals surface area contributed by atoms with Gasteiger partial charge in [-0.1, -0.05) is 12.1 Å². The lowest BCUT2D eigenvalue weighted by atomic mass is 10.0. The summed E-state index contributed by atoms with van der Waals surface area (Å²) in [6.07, 6.45) is 3.14. The molecule has 2 fully saturated rings. The molecule has 0 N–H and O–H groups in total. The molecule has 212 valence electrons. The van der Waals surface area contributed by atoms with Gasteiger partial charge >= 0.3 is 11.9 Å². The number of hydrogen-bond donors (Lipinski definition) is 0. The van der Waals surface area contributed by atoms with E-state index in [1.54, 1.807) is 12.1 Å². The Hall–Kier alpha value is -2.60. The second-order valence-electron chi connectivity index (χ2n) is 10.0. The quantitative estimate of drug-likeness (QED) is 0.264. The van der Waals surface area contributed by atoms with Crippen LogP contribution in [0.4, 0.5) is 5.69 Å². The normalized spacial score (nSPS) is 22.8. The highest BCUT2D eigenvalue weighted by Crippen LogP contribution is 2.17. The van der Waals surface area contributed by atoms with E-state index in [4.69, 9.17) is 9.47 Å². The zero-order valence-electron chi connectivity index (χ0n) is 22.9. The van der Waals surface area contributed by atoms with Crippen molar-refractivity contribution in [3.8, 4) is 0 Å². The first-order valence-corrected chi connectivity index (χ1v) is 13.8. The second-order valence-corrected chi connectivity index (χ2v) is 10.0. The van der Waals surface area contributed by atoms with E-state index < -0.39 is 4.92 Å². The Balaban J connectivity index is 1.64. The van der Waals surface area contributed by atoms with Crippen LogP contribution in [-0.2, 0) is 25.5 Å². The molecule has 2 heterocycles. The van der Waals surface area contributed by atoms with Crippen molar-refractivity contribution >= 4 is 17.6 Å². The number of nitro groups is 1. The molecule has 1 aromatic carbocycles. The number of non-ortho nitro benzene ring substituents is 1. The van der Waals surface area contributed by atoms with E-state index in [1.807, 2.05) is 6.92 Å². The summed E-state index contributed by atoms with van der Waals surface area (Å²) in [7, 11) is 1.44. The molecular weight excluding hydrogens is 490 g/mol. The van der Waals surface area contributed by atoms with E-state index in [9.17, 15) is 19.7 Å². The topological polar surface area (TPSA) is 109 Å². The minimum atomic E-state index is -0.404. The third-order valence-electron chi connectivity index (χ3n) is 7.46. The Morgan fingerprint density at radius 2 is 1.55 bits per heavy atom. The van der Waals surface area contributed by atoms with Gasteiger partial charge in [-0.2, -0.15) is 0 Å². The van der Waals surface area contributed by atoms with Crippen molar-refractivity contribution in [2.75, 3.05) is 85.7 Å². The lowest BCUT2D eigenvalue weighted by Crippen LogP contribution is -2.50. The van der Waals surface area contributed by atoms with Crippen LogP contribution in [0.15, 0.2) is 24.3 Å². The molecular formula is C27H43N5O6. The number of esters is 2. The minimum Gasteiger partial charge on any atom is -0.468 e. The Morgan fingerprint density at radius 1 is 0.921 bits per heavy atom. The summed E-state index contributed by atoms with van der Waals surface area (Å²) in [5, 5.41) is 11.0. The zero-order valence-corrected chi connectivity index (χ0v) is 22.9. The summed E-state index contributed by atoms with van der Waals surface area (Å²) < 4.78 is 10.4. The Kier molecular flexibility index (Phi) is 12.4. The number of methoxy groups -OCH3 is 1. The molecule has 0 amide bonds. The number of fused-ring (bicyclic) bond motifs is 3. The molecule has 11 heteroatoms. The maximum Gasteiger partial charge on any atom is 0.323 e. The second kappa shape index (κ2) is 15.7. The Morgan fingerprint density at radius 3 is 2.18 bits per heavy atom. The van der Waals surface area contributed by atoms with Gasteiger partial charge in [-0.05, 0) is 51.3 Å². The van der Waals surface area contributed by atoms with Crippen molar-refractivity contribution in [3.63, 3.8) is 0 Å². The molecule has 2 aliphatic rings. The summed E-state index contributed by atoms with van der Waals surface area (Å²) in [6, 6.07) is 6.18. The average Bonchev–Trinajstić information content (AvgIpc) is 2.91. The van der Waals surface area contributed by atoms with Gasteiger partial charge in [0.25, 0.3) is 5.69 Å². The monoisotopic (exact) mass is 533 g/mol. The van der Waals surface area contributed by atoms with Gasteiger partial charge in [0.1, 0.15) is 6.04 Å². The molecule has 11 nitrogen and oxygen atoms in total. The van der Waals surface area contributed by atoms with Crippen molar-refractivity contribution in [3.05, 3.63) is 39.9 Å². The van der Waals surface area contributed by atoms with Crippen LogP contribution >= 0.6 is 0 Å². The molecule has 3 rings (SSSR count). The Bertz CT molecular complexity index is 898. The van der Waals surface area contributed by atoms with Crippen LogP contribution in [0.5, 0.6) is 0 Å². The highest BCUT2D eigenvalue weighted by atomic mass is 16.6. The zero-order chi connectivity index (χ0) is 27.3. The molecule has 0 saturated carbocycles. The van der Waals surface area contributed by atoms with E-state index >= 15 is 0 Å². The molecule has 0 aromatic heterocycles. The van der Waals surface area contributed by atoms with Gasteiger partial charge in [-0.15, -0.1) is 0 Å². The third kappa shape index (κ3) is 9.61. The lowest BCUT2D eigenvalue weighted by molar-refractivity contribution is -0.384. The molecule has 2 bridgehead atoms. The number of nitrogens with zero attached hydrogens (tertiary/aromatic N) is 5. The molecule has 0 spiro atoms. The van der Waals surface area contributed by atoms with E-state index in [0.29, 0.717) is 26.0 Å². The maximum atomic E-state index is 12.9. The highest BCUT2D eigenvalue weighted by molar-refractivity contribution is 5.75. The fourth-order valence-corrected chi connectivity index (χ4v) is 5.28. The van der Waals surface area contributed by atoms with E-state index in [-0.39, 0.29) is 23.7 Å². The predicted molar refractivity (Wildman–Crippen MR) is 144 cm³/mol. The number of aryl methyl sites for hydroxylation is 1. The number of hydrogen-bond acceptors (Lipinski definition) is 10. The summed E-state index contributed by atoms with van der Waals surface area (Å²) in [5.41, 5.74) is 1.03. The van der Waals surface area contributed by atoms with Crippen LogP contribution in [0.2, 0.25) is 0 Å². The molecule has 0 radical (unpaired) electrons. The fourth-order valence-electron chi connectivity index (χ4n) is 5.28. The van der Waals surface area contributed by atoms with Gasteiger partial charge in [-0.25, -0.2) is 0 Å². The van der Waals surface area contributed by atoms with Crippen molar-refractivity contribution in [2.45, 2.75) is 38.6 Å². The maximum absolute atomic E-state index is 12.9. The van der Waals surface area contributed by atoms with Crippen molar-refractivity contribution in [1.29, 1.82) is 0 Å². The van der Waals surface area contributed by atoms with Crippen LogP contribution < -0.4 is 0 Å². The smallest absolute Gasteiger partial charge is 0.323 e. The summed E-state index contributed by atoms with van der Waals surface area (Å²) in [4.78, 5) is 44.9. The van der Waals surface area contributed by atoms with Gasteiger partial charge in [0.2, 0.25) is 0 Å². The number of ether oxygens (including phenoxy) is 2. The number of benzene rings is 1. The van der Waals surface area contributed by atoms with Crippen LogP contribution in [0, 0.1) is 10.1 Å². The molecule has 3 atom stereocenters. The van der Waals surface area contributed by atoms with Gasteiger partial charge in [0, 0.05) is 64.5 Å². The largest absolute Gasteiger partial charge is 0.468 e. The van der Waals surface area contributed by atoms with Crippen molar-refractivity contribution in [2.24, 2.45) is 0 Å². The number of rotatable bonds is 9. The fraction of sp³-hybridized carbons (Fsp3) is 0.704. The van der Waals surface area contributed by atoms with Gasteiger partial charge in [0.05, 0.1) is 25.2 Å². The number of carbonyl (C=O) groups is 2. The lowest BCUT2D eigenvalue weighted by Gasteiger charge is -2.37. The van der Waals surface area contributed by atoms with Gasteiger partial charge in [0.15, 0.2) is 0 Å². The SMILES string of the molecule is CCOC(=O)CN1CCCN2CCN(CCCN(C(CCc3ccc([N+](=O)[O-])cc3)C(=O)OC)CC2)CC1. The summed E-state index contributed by atoms with van der Waals surface area (Å²) in [5.74, 6) is -0.393. The van der Waals surface area contributed by atoms with Crippen LogP contribution in [0.25, 0.3) is 0 Å². The number of nitro benzene ring substituents is 1. The molecule has 1 aromatic rings. The first-order valence-electron chi connectivity index (χ1n) is 13.8. The van der Waals surface area contributed by atoms with Crippen molar-refractivity contribution in [1.82, 2.24) is 19.6 Å². The molecule has 3 unspecified atom stereocenters. The average molecular weight is 534 g/mol. The molecule has 2 saturated heterocycles. The highest BCUT2D eigenvalue weighted by Gasteiger charge is 2.28. The van der Waals surface area contributed by atoms with E-state index in [1.165, 1.54) is 19.2 Å². The van der Waals surface area contributed by atoms with E-state index in [2.05, 4.69) is 19.6 Å². The van der Waals surface area contributed by atoms with Gasteiger partial charge < -0.3 is 19.3 Å². The summed E-state index contributed by atoms with van der Waals surface area (Å²) in [6.45, 7) is 11.4. The van der Waals surface area contributed by atoms with Crippen LogP contribution in [0.1, 0.15) is 31.7 Å². The number of carbonyl (C=O) groups excluding carboxylic acids is 2.